The van der Waals surface area contributed by atoms with E-state index in [1.165, 1.54) is 6.20 Å². The minimum atomic E-state index is -0.986. The minimum absolute atomic E-state index is 0.209. The summed E-state index contributed by atoms with van der Waals surface area (Å²) in [6.07, 6.45) is 3.22. The van der Waals surface area contributed by atoms with Crippen LogP contribution in [0.2, 0.25) is 0 Å². The van der Waals surface area contributed by atoms with Gasteiger partial charge in [0, 0.05) is 30.4 Å². The van der Waals surface area contributed by atoms with Crippen molar-refractivity contribution in [2.24, 2.45) is 10.7 Å². The summed E-state index contributed by atoms with van der Waals surface area (Å²) in [4.78, 5) is 15.5. The largest absolute Gasteiger partial charge is 0.478 e. The second-order valence-corrected chi connectivity index (χ2v) is 5.64. The lowest BCUT2D eigenvalue weighted by Gasteiger charge is -2.05. The normalized spacial score (nSPS) is 12.2. The van der Waals surface area contributed by atoms with Gasteiger partial charge in [-0.3, -0.25) is 4.99 Å². The Balaban J connectivity index is 2.05. The summed E-state index contributed by atoms with van der Waals surface area (Å²) >= 11 is 0. The van der Waals surface area contributed by atoms with Crippen molar-refractivity contribution in [3.8, 4) is 11.1 Å². The average Bonchev–Trinajstić information content (AvgIpc) is 2.95. The van der Waals surface area contributed by atoms with Gasteiger partial charge in [-0.25, -0.2) is 4.79 Å². The number of furan rings is 1. The van der Waals surface area contributed by atoms with Gasteiger partial charge in [-0.1, -0.05) is 30.3 Å². The van der Waals surface area contributed by atoms with Gasteiger partial charge in [0.2, 0.25) is 0 Å². The number of aliphatic imine (C=N–C) groups is 1. The first kappa shape index (κ1) is 16.5. The Morgan fingerprint density at radius 1 is 1.16 bits per heavy atom. The number of aromatic carboxylic acids is 1. The summed E-state index contributed by atoms with van der Waals surface area (Å²) in [6, 6.07) is 13.4. The Morgan fingerprint density at radius 3 is 2.44 bits per heavy atom. The van der Waals surface area contributed by atoms with E-state index in [0.717, 1.165) is 22.3 Å². The molecular formula is C20H18N2O3. The minimum Gasteiger partial charge on any atom is -0.478 e. The van der Waals surface area contributed by atoms with Crippen LogP contribution in [-0.4, -0.2) is 24.3 Å². The molecule has 0 aliphatic rings. The number of aryl methyl sites for hydroxylation is 1. The van der Waals surface area contributed by atoms with Crippen LogP contribution in [0.3, 0.4) is 0 Å². The number of rotatable bonds is 4. The molecule has 3 rings (SSSR count). The van der Waals surface area contributed by atoms with E-state index in [1.807, 2.05) is 36.4 Å². The molecule has 3 aromatic rings. The molecule has 1 heterocycles. The van der Waals surface area contributed by atoms with Crippen molar-refractivity contribution in [3.63, 3.8) is 0 Å². The van der Waals surface area contributed by atoms with Crippen molar-refractivity contribution in [2.75, 3.05) is 7.05 Å². The summed E-state index contributed by atoms with van der Waals surface area (Å²) < 4.78 is 5.53. The van der Waals surface area contributed by atoms with Gasteiger partial charge in [0.1, 0.15) is 16.9 Å². The SMILES string of the molecule is CN=C/C(=C\N)c1ccc(-c2ccc3oc(C)c(C(=O)O)c3c2)cc1. The van der Waals surface area contributed by atoms with Crippen molar-refractivity contribution in [1.29, 1.82) is 0 Å². The number of carboxylic acid groups (broad SMARTS) is 1. The first-order valence-corrected chi connectivity index (χ1v) is 7.76. The van der Waals surface area contributed by atoms with Crippen LogP contribution in [0.1, 0.15) is 21.7 Å². The Bertz CT molecular complexity index is 996. The summed E-state index contributed by atoms with van der Waals surface area (Å²) in [7, 11) is 1.69. The van der Waals surface area contributed by atoms with Crippen molar-refractivity contribution < 1.29 is 14.3 Å². The Kier molecular flexibility index (Phi) is 4.39. The Hall–Kier alpha value is -3.34. The molecule has 0 saturated carbocycles. The highest BCUT2D eigenvalue weighted by atomic mass is 16.4. The van der Waals surface area contributed by atoms with Crippen molar-refractivity contribution in [3.05, 3.63) is 65.6 Å². The van der Waals surface area contributed by atoms with Crippen LogP contribution >= 0.6 is 0 Å². The zero-order valence-corrected chi connectivity index (χ0v) is 14.0. The quantitative estimate of drug-likeness (QED) is 0.703. The highest BCUT2D eigenvalue weighted by molar-refractivity contribution is 6.09. The molecule has 1 aromatic heterocycles. The molecule has 0 saturated heterocycles. The highest BCUT2D eigenvalue weighted by Crippen LogP contribution is 2.31. The topological polar surface area (TPSA) is 88.8 Å². The Labute approximate surface area is 145 Å². The van der Waals surface area contributed by atoms with E-state index >= 15 is 0 Å². The van der Waals surface area contributed by atoms with Crippen LogP contribution in [0.25, 0.3) is 27.7 Å². The predicted molar refractivity (Wildman–Crippen MR) is 99.9 cm³/mol. The smallest absolute Gasteiger partial charge is 0.339 e. The molecule has 0 aliphatic heterocycles. The molecule has 0 atom stereocenters. The van der Waals surface area contributed by atoms with Crippen LogP contribution in [0.4, 0.5) is 0 Å². The number of benzene rings is 2. The van der Waals surface area contributed by atoms with Crippen LogP contribution in [0.5, 0.6) is 0 Å². The van der Waals surface area contributed by atoms with Crippen LogP contribution in [-0.2, 0) is 0 Å². The lowest BCUT2D eigenvalue weighted by Crippen LogP contribution is -1.96. The lowest BCUT2D eigenvalue weighted by atomic mass is 9.99. The van der Waals surface area contributed by atoms with Crippen molar-refractivity contribution >= 4 is 28.7 Å². The van der Waals surface area contributed by atoms with E-state index in [9.17, 15) is 9.90 Å². The molecule has 5 nitrogen and oxygen atoms in total. The molecule has 0 amide bonds. The first-order valence-electron chi connectivity index (χ1n) is 7.76. The number of hydrogen-bond acceptors (Lipinski definition) is 4. The molecule has 0 radical (unpaired) electrons. The zero-order chi connectivity index (χ0) is 18.0. The second kappa shape index (κ2) is 6.65. The lowest BCUT2D eigenvalue weighted by molar-refractivity contribution is 0.0697. The van der Waals surface area contributed by atoms with Gasteiger partial charge in [-0.2, -0.15) is 0 Å². The third kappa shape index (κ3) is 3.04. The van der Waals surface area contributed by atoms with Gasteiger partial charge in [0.05, 0.1) is 0 Å². The molecule has 25 heavy (non-hydrogen) atoms. The molecule has 126 valence electrons. The number of allylic oxidation sites excluding steroid dienone is 1. The summed E-state index contributed by atoms with van der Waals surface area (Å²) in [5, 5.41) is 10.0. The first-order chi connectivity index (χ1) is 12.0. The molecule has 5 heteroatoms. The monoisotopic (exact) mass is 334 g/mol. The predicted octanol–water partition coefficient (Wildman–Crippen LogP) is 4.11. The maximum atomic E-state index is 11.5. The third-order valence-corrected chi connectivity index (χ3v) is 4.08. The molecule has 0 unspecified atom stereocenters. The maximum Gasteiger partial charge on any atom is 0.339 e. The van der Waals surface area contributed by atoms with Gasteiger partial charge in [-0.05, 0) is 35.7 Å². The number of nitrogens with zero attached hydrogens (tertiary/aromatic N) is 1. The molecule has 0 aliphatic carbocycles. The van der Waals surface area contributed by atoms with Gasteiger partial charge >= 0.3 is 5.97 Å². The van der Waals surface area contributed by atoms with Crippen molar-refractivity contribution in [1.82, 2.24) is 0 Å². The highest BCUT2D eigenvalue weighted by Gasteiger charge is 2.17. The number of hydrogen-bond donors (Lipinski definition) is 2. The average molecular weight is 334 g/mol. The maximum absolute atomic E-state index is 11.5. The Morgan fingerprint density at radius 2 is 1.84 bits per heavy atom. The molecule has 0 spiro atoms. The number of carbonyl (C=O) groups is 1. The molecular weight excluding hydrogens is 316 g/mol. The van der Waals surface area contributed by atoms with E-state index in [2.05, 4.69) is 4.99 Å². The van der Waals surface area contributed by atoms with Gasteiger partial charge in [0.15, 0.2) is 0 Å². The molecule has 3 N–H and O–H groups in total. The fourth-order valence-corrected chi connectivity index (χ4v) is 2.87. The summed E-state index contributed by atoms with van der Waals surface area (Å²) in [5.41, 5.74) is 10.1. The van der Waals surface area contributed by atoms with Gasteiger partial charge in [-0.15, -0.1) is 0 Å². The summed E-state index contributed by atoms with van der Waals surface area (Å²) in [5.74, 6) is -0.577. The van der Waals surface area contributed by atoms with Crippen LogP contribution < -0.4 is 5.73 Å². The fraction of sp³-hybridized carbons (Fsp3) is 0.100. The third-order valence-electron chi connectivity index (χ3n) is 4.08. The number of carboxylic acids is 1. The van der Waals surface area contributed by atoms with E-state index in [-0.39, 0.29) is 5.56 Å². The van der Waals surface area contributed by atoms with Gasteiger partial charge < -0.3 is 15.3 Å². The van der Waals surface area contributed by atoms with E-state index in [1.54, 1.807) is 26.3 Å². The molecule has 2 aromatic carbocycles. The standard InChI is InChI=1S/C20H18N2O3/c1-12-19(20(23)24)17-9-15(7-8-18(17)25-12)13-3-5-14(6-4-13)16(10-21)11-22-2/h3-11H,21H2,1-2H3,(H,23,24)/b16-10+,22-11?. The zero-order valence-electron chi connectivity index (χ0n) is 14.0. The molecule has 0 bridgehead atoms. The summed E-state index contributed by atoms with van der Waals surface area (Å²) in [6.45, 7) is 1.66. The van der Waals surface area contributed by atoms with E-state index in [0.29, 0.717) is 16.7 Å². The number of fused-ring (bicyclic) bond motifs is 1. The van der Waals surface area contributed by atoms with Crippen LogP contribution in [0, 0.1) is 6.92 Å². The fourth-order valence-electron chi connectivity index (χ4n) is 2.87. The van der Waals surface area contributed by atoms with E-state index < -0.39 is 5.97 Å². The van der Waals surface area contributed by atoms with Gasteiger partial charge in [0.25, 0.3) is 0 Å². The second-order valence-electron chi connectivity index (χ2n) is 5.64. The van der Waals surface area contributed by atoms with Crippen molar-refractivity contribution in [2.45, 2.75) is 6.92 Å². The van der Waals surface area contributed by atoms with Crippen LogP contribution in [0.15, 0.2) is 58.1 Å². The molecule has 0 fully saturated rings. The number of nitrogens with two attached hydrogens (primary N) is 1. The van der Waals surface area contributed by atoms with E-state index in [4.69, 9.17) is 10.2 Å².